The smallest absolute Gasteiger partial charge is 0.243 e. The maximum atomic E-state index is 4.48. The Morgan fingerprint density at radius 1 is 0.947 bits per heavy atom. The van der Waals surface area contributed by atoms with Gasteiger partial charge in [0.25, 0.3) is 0 Å². The summed E-state index contributed by atoms with van der Waals surface area (Å²) in [5.74, 6) is 0.458. The second kappa shape index (κ2) is 5.22. The molecule has 19 heavy (non-hydrogen) atoms. The monoisotopic (exact) mass is 249 g/mol. The number of anilines is 1. The van der Waals surface area contributed by atoms with E-state index in [1.807, 2.05) is 36.4 Å². The Balaban J connectivity index is 1.78. The predicted molar refractivity (Wildman–Crippen MR) is 75.0 cm³/mol. The van der Waals surface area contributed by atoms with E-state index < -0.39 is 0 Å². The number of aromatic nitrogens is 3. The number of rotatable bonds is 3. The molecule has 0 spiro atoms. The van der Waals surface area contributed by atoms with Gasteiger partial charge in [-0.15, -0.1) is 0 Å². The summed E-state index contributed by atoms with van der Waals surface area (Å²) in [6, 6.07) is 13.6. The van der Waals surface area contributed by atoms with E-state index in [1.54, 1.807) is 24.7 Å². The first-order valence-electron chi connectivity index (χ1n) is 5.84. The van der Waals surface area contributed by atoms with Gasteiger partial charge < -0.3 is 0 Å². The van der Waals surface area contributed by atoms with Gasteiger partial charge in [0, 0.05) is 17.8 Å². The maximum absolute atomic E-state index is 4.48. The molecular weight excluding hydrogens is 238 g/mol. The van der Waals surface area contributed by atoms with Crippen LogP contribution < -0.4 is 5.43 Å². The van der Waals surface area contributed by atoms with Crippen LogP contribution in [0, 0.1) is 0 Å². The molecule has 2 heterocycles. The van der Waals surface area contributed by atoms with Crippen molar-refractivity contribution in [1.82, 2.24) is 15.0 Å². The van der Waals surface area contributed by atoms with Crippen molar-refractivity contribution >= 4 is 23.1 Å². The first-order chi connectivity index (χ1) is 9.42. The van der Waals surface area contributed by atoms with E-state index >= 15 is 0 Å². The lowest BCUT2D eigenvalue weighted by Gasteiger charge is -1.98. The van der Waals surface area contributed by atoms with Crippen LogP contribution in [0.4, 0.5) is 5.95 Å². The lowest BCUT2D eigenvalue weighted by atomic mass is 10.2. The largest absolute Gasteiger partial charge is 0.247 e. The minimum atomic E-state index is 0.458. The average Bonchev–Trinajstić information content (AvgIpc) is 2.48. The van der Waals surface area contributed by atoms with Gasteiger partial charge in [0.2, 0.25) is 5.95 Å². The summed E-state index contributed by atoms with van der Waals surface area (Å²) in [5.41, 5.74) is 4.47. The molecule has 0 aliphatic carbocycles. The van der Waals surface area contributed by atoms with E-state index in [0.29, 0.717) is 5.95 Å². The van der Waals surface area contributed by atoms with Crippen LogP contribution in [0.15, 0.2) is 60.0 Å². The normalized spacial score (nSPS) is 10.9. The van der Waals surface area contributed by atoms with Gasteiger partial charge in [-0.05, 0) is 18.2 Å². The van der Waals surface area contributed by atoms with Gasteiger partial charge in [0.1, 0.15) is 0 Å². The van der Waals surface area contributed by atoms with E-state index in [0.717, 1.165) is 16.6 Å². The molecule has 5 heteroatoms. The Morgan fingerprint density at radius 2 is 1.79 bits per heavy atom. The van der Waals surface area contributed by atoms with Gasteiger partial charge in [0.15, 0.2) is 0 Å². The third-order valence-electron chi connectivity index (χ3n) is 2.55. The van der Waals surface area contributed by atoms with Crippen molar-refractivity contribution in [3.63, 3.8) is 0 Å². The van der Waals surface area contributed by atoms with Crippen molar-refractivity contribution in [3.05, 3.63) is 60.6 Å². The molecule has 92 valence electrons. The SMILES string of the molecule is C(=NNc1ncccn1)c1ccc2ccccc2n1. The van der Waals surface area contributed by atoms with Crippen LogP contribution in [0.3, 0.4) is 0 Å². The molecule has 0 saturated carbocycles. The van der Waals surface area contributed by atoms with E-state index in [1.165, 1.54) is 0 Å². The molecule has 5 nitrogen and oxygen atoms in total. The number of para-hydroxylation sites is 1. The van der Waals surface area contributed by atoms with Crippen LogP contribution in [0.25, 0.3) is 10.9 Å². The van der Waals surface area contributed by atoms with Crippen molar-refractivity contribution < 1.29 is 0 Å². The molecule has 1 aromatic carbocycles. The van der Waals surface area contributed by atoms with Gasteiger partial charge in [-0.1, -0.05) is 24.3 Å². The zero-order chi connectivity index (χ0) is 12.9. The zero-order valence-corrected chi connectivity index (χ0v) is 10.1. The van der Waals surface area contributed by atoms with E-state index in [2.05, 4.69) is 25.5 Å². The third kappa shape index (κ3) is 2.71. The molecule has 0 fully saturated rings. The number of benzene rings is 1. The minimum absolute atomic E-state index is 0.458. The van der Waals surface area contributed by atoms with Crippen LogP contribution in [0.5, 0.6) is 0 Å². The standard InChI is InChI=1S/C14H11N5/c1-2-5-13-11(4-1)6-7-12(18-13)10-17-19-14-15-8-3-9-16-14/h1-10H,(H,15,16,19). The van der Waals surface area contributed by atoms with Crippen molar-refractivity contribution in [3.8, 4) is 0 Å². The van der Waals surface area contributed by atoms with Crippen LogP contribution in [0.2, 0.25) is 0 Å². The van der Waals surface area contributed by atoms with Crippen LogP contribution >= 0.6 is 0 Å². The molecule has 1 N–H and O–H groups in total. The fraction of sp³-hybridized carbons (Fsp3) is 0. The summed E-state index contributed by atoms with van der Waals surface area (Å²) < 4.78 is 0. The lowest BCUT2D eigenvalue weighted by molar-refractivity contribution is 1.12. The molecule has 0 radical (unpaired) electrons. The highest BCUT2D eigenvalue weighted by Crippen LogP contribution is 2.10. The molecule has 0 atom stereocenters. The average molecular weight is 249 g/mol. The Bertz CT molecular complexity index is 709. The summed E-state index contributed by atoms with van der Waals surface area (Å²) in [4.78, 5) is 12.5. The van der Waals surface area contributed by atoms with Crippen LogP contribution in [-0.4, -0.2) is 21.2 Å². The Kier molecular flexibility index (Phi) is 3.10. The molecule has 0 aliphatic heterocycles. The number of fused-ring (bicyclic) bond motifs is 1. The van der Waals surface area contributed by atoms with Gasteiger partial charge in [-0.25, -0.2) is 20.4 Å². The number of nitrogens with zero attached hydrogens (tertiary/aromatic N) is 4. The topological polar surface area (TPSA) is 63.1 Å². The Labute approximate surface area is 110 Å². The van der Waals surface area contributed by atoms with Gasteiger partial charge >= 0.3 is 0 Å². The summed E-state index contributed by atoms with van der Waals surface area (Å²) in [7, 11) is 0. The zero-order valence-electron chi connectivity index (χ0n) is 10.1. The first-order valence-corrected chi connectivity index (χ1v) is 5.84. The second-order valence-electron chi connectivity index (χ2n) is 3.87. The Hall–Kier alpha value is -2.82. The second-order valence-corrected chi connectivity index (χ2v) is 3.87. The predicted octanol–water partition coefficient (Wildman–Crippen LogP) is 2.47. The molecule has 2 aromatic heterocycles. The van der Waals surface area contributed by atoms with Crippen molar-refractivity contribution in [2.45, 2.75) is 0 Å². The van der Waals surface area contributed by atoms with E-state index in [-0.39, 0.29) is 0 Å². The fourth-order valence-corrected chi connectivity index (χ4v) is 1.67. The highest BCUT2D eigenvalue weighted by molar-refractivity contribution is 5.85. The first kappa shape index (κ1) is 11.3. The molecule has 0 bridgehead atoms. The van der Waals surface area contributed by atoms with Crippen molar-refractivity contribution in [2.75, 3.05) is 5.43 Å². The number of hydrazone groups is 1. The number of nitrogens with one attached hydrogen (secondary N) is 1. The van der Waals surface area contributed by atoms with E-state index in [9.17, 15) is 0 Å². The molecule has 3 aromatic rings. The molecule has 0 amide bonds. The summed E-state index contributed by atoms with van der Waals surface area (Å²) in [5, 5.41) is 5.17. The van der Waals surface area contributed by atoms with Crippen molar-refractivity contribution in [2.24, 2.45) is 5.10 Å². The molecular formula is C14H11N5. The van der Waals surface area contributed by atoms with E-state index in [4.69, 9.17) is 0 Å². The van der Waals surface area contributed by atoms with Crippen LogP contribution in [0.1, 0.15) is 5.69 Å². The lowest BCUT2D eigenvalue weighted by Crippen LogP contribution is -1.96. The number of hydrogen-bond acceptors (Lipinski definition) is 5. The third-order valence-corrected chi connectivity index (χ3v) is 2.55. The highest BCUT2D eigenvalue weighted by atomic mass is 15.3. The van der Waals surface area contributed by atoms with Gasteiger partial charge in [-0.2, -0.15) is 5.10 Å². The van der Waals surface area contributed by atoms with Crippen LogP contribution in [-0.2, 0) is 0 Å². The molecule has 0 aliphatic rings. The molecule has 0 unspecified atom stereocenters. The minimum Gasteiger partial charge on any atom is -0.247 e. The number of hydrogen-bond donors (Lipinski definition) is 1. The quantitative estimate of drug-likeness (QED) is 0.572. The molecule has 0 saturated heterocycles. The summed E-state index contributed by atoms with van der Waals surface area (Å²) in [6.07, 6.45) is 4.95. The van der Waals surface area contributed by atoms with Crippen molar-refractivity contribution in [1.29, 1.82) is 0 Å². The maximum Gasteiger partial charge on any atom is 0.243 e. The Morgan fingerprint density at radius 3 is 2.68 bits per heavy atom. The highest BCUT2D eigenvalue weighted by Gasteiger charge is 1.95. The van der Waals surface area contributed by atoms with Gasteiger partial charge in [0.05, 0.1) is 17.4 Å². The summed E-state index contributed by atoms with van der Waals surface area (Å²) in [6.45, 7) is 0. The number of pyridine rings is 1. The molecule has 3 rings (SSSR count). The summed E-state index contributed by atoms with van der Waals surface area (Å²) >= 11 is 0. The van der Waals surface area contributed by atoms with Gasteiger partial charge in [-0.3, -0.25) is 0 Å². The fourth-order valence-electron chi connectivity index (χ4n) is 1.67.